The minimum absolute atomic E-state index is 0.0687. The van der Waals surface area contributed by atoms with Crippen LogP contribution in [0.25, 0.3) is 0 Å². The molecule has 36 heavy (non-hydrogen) atoms. The van der Waals surface area contributed by atoms with Gasteiger partial charge in [0.25, 0.3) is 0 Å². The van der Waals surface area contributed by atoms with E-state index < -0.39 is 8.32 Å². The van der Waals surface area contributed by atoms with Crippen molar-refractivity contribution in [1.29, 1.82) is 0 Å². The molecule has 3 aliphatic rings. The summed E-state index contributed by atoms with van der Waals surface area (Å²) in [6.45, 7) is 14.1. The zero-order chi connectivity index (χ0) is 26.0. The lowest BCUT2D eigenvalue weighted by molar-refractivity contribution is -0.204. The molecule has 0 aromatic heterocycles. The first-order chi connectivity index (χ1) is 17.2. The number of ether oxygens (including phenoxy) is 4. The van der Waals surface area contributed by atoms with Crippen molar-refractivity contribution in [2.75, 3.05) is 26.4 Å². The molecule has 0 spiro atoms. The van der Waals surface area contributed by atoms with Crippen LogP contribution in [0.1, 0.15) is 91.4 Å². The van der Waals surface area contributed by atoms with Crippen molar-refractivity contribution in [2.24, 2.45) is 11.8 Å². The number of unbranched alkanes of at least 4 members (excludes halogenated alkanes) is 2. The molecule has 0 aromatic carbocycles. The topological polar surface area (TPSA) is 66.4 Å². The highest BCUT2D eigenvalue weighted by Crippen LogP contribution is 2.43. The Hall–Kier alpha value is -0.283. The van der Waals surface area contributed by atoms with E-state index in [0.29, 0.717) is 12.5 Å². The fraction of sp³-hybridized carbons (Fsp3) is 0.931. The van der Waals surface area contributed by atoms with Crippen LogP contribution >= 0.6 is 0 Å². The van der Waals surface area contributed by atoms with Crippen molar-refractivity contribution in [2.45, 2.75) is 134 Å². The van der Waals surface area contributed by atoms with Crippen molar-refractivity contribution in [1.82, 2.24) is 0 Å². The summed E-state index contributed by atoms with van der Waals surface area (Å²) in [6.07, 6.45) is 15.8. The van der Waals surface area contributed by atoms with Crippen LogP contribution in [0.5, 0.6) is 0 Å². The van der Waals surface area contributed by atoms with Crippen molar-refractivity contribution in [3.63, 3.8) is 0 Å². The first kappa shape index (κ1) is 30.3. The standard InChI is InChI=1S/C29H54O6Si/c1-29(2,3)36(4,5)33-22-24-23(15-9-7-6-8-12-18-30)25(34-27-16-10-13-19-31-27)21-26(24)35-28-17-11-14-20-32-28/h7,9,23-28,30H,6,8,10-22H2,1-5H3/b9-7-/t23-,24-,25+,26-,27?,28?/m1/s1. The van der Waals surface area contributed by atoms with Gasteiger partial charge in [0.2, 0.25) is 0 Å². The second kappa shape index (κ2) is 14.8. The van der Waals surface area contributed by atoms with Crippen LogP contribution in [-0.4, -0.2) is 64.6 Å². The summed E-state index contributed by atoms with van der Waals surface area (Å²) in [7, 11) is -1.90. The van der Waals surface area contributed by atoms with Gasteiger partial charge >= 0.3 is 0 Å². The fourth-order valence-corrected chi connectivity index (χ4v) is 6.34. The van der Waals surface area contributed by atoms with Gasteiger partial charge < -0.3 is 28.5 Å². The maximum atomic E-state index is 9.08. The van der Waals surface area contributed by atoms with E-state index in [1.165, 1.54) is 12.8 Å². The molecule has 3 fully saturated rings. The zero-order valence-corrected chi connectivity index (χ0v) is 24.7. The first-order valence-electron chi connectivity index (χ1n) is 14.6. The molecule has 3 rings (SSSR count). The SMILES string of the molecule is CC(C)(C)[Si](C)(C)OC[C@@H]1[C@@H](C/C=C\CCCCO)[C@@H](OC2CCCCO2)C[C@H]1OC1CCCCO1. The maximum Gasteiger partial charge on any atom is 0.191 e. The molecular weight excluding hydrogens is 472 g/mol. The summed E-state index contributed by atoms with van der Waals surface area (Å²) in [6, 6.07) is 0. The molecule has 7 heteroatoms. The lowest BCUT2D eigenvalue weighted by Gasteiger charge is -2.39. The van der Waals surface area contributed by atoms with Crippen molar-refractivity contribution >= 4 is 8.32 Å². The summed E-state index contributed by atoms with van der Waals surface area (Å²) >= 11 is 0. The van der Waals surface area contributed by atoms with E-state index in [-0.39, 0.29) is 42.4 Å². The van der Waals surface area contributed by atoms with Crippen LogP contribution in [0.15, 0.2) is 12.2 Å². The summed E-state index contributed by atoms with van der Waals surface area (Å²) in [4.78, 5) is 0. The van der Waals surface area contributed by atoms with Crippen LogP contribution in [0, 0.1) is 11.8 Å². The third kappa shape index (κ3) is 9.18. The van der Waals surface area contributed by atoms with E-state index in [1.807, 2.05) is 0 Å². The molecule has 6 atom stereocenters. The lowest BCUT2D eigenvalue weighted by Crippen LogP contribution is -2.44. The largest absolute Gasteiger partial charge is 0.416 e. The van der Waals surface area contributed by atoms with Gasteiger partial charge in [0.05, 0.1) is 12.2 Å². The van der Waals surface area contributed by atoms with Crippen LogP contribution in [-0.2, 0) is 23.4 Å². The third-order valence-electron chi connectivity index (χ3n) is 8.70. The van der Waals surface area contributed by atoms with E-state index in [1.54, 1.807) is 0 Å². The van der Waals surface area contributed by atoms with Gasteiger partial charge in [-0.25, -0.2) is 0 Å². The number of aliphatic hydroxyl groups is 1. The second-order valence-corrected chi connectivity index (χ2v) is 17.3. The van der Waals surface area contributed by atoms with E-state index in [9.17, 15) is 0 Å². The Morgan fingerprint density at radius 3 is 2.00 bits per heavy atom. The molecule has 1 N–H and O–H groups in total. The smallest absolute Gasteiger partial charge is 0.191 e. The molecule has 2 heterocycles. The Morgan fingerprint density at radius 2 is 1.47 bits per heavy atom. The fourth-order valence-electron chi connectivity index (χ4n) is 5.29. The Labute approximate surface area is 221 Å². The summed E-state index contributed by atoms with van der Waals surface area (Å²) in [5, 5.41) is 9.25. The van der Waals surface area contributed by atoms with E-state index in [2.05, 4.69) is 46.0 Å². The first-order valence-corrected chi connectivity index (χ1v) is 17.6. The van der Waals surface area contributed by atoms with Gasteiger partial charge in [-0.05, 0) is 88.3 Å². The molecule has 0 radical (unpaired) electrons. The Morgan fingerprint density at radius 1 is 0.861 bits per heavy atom. The predicted molar refractivity (Wildman–Crippen MR) is 146 cm³/mol. The van der Waals surface area contributed by atoms with Crippen molar-refractivity contribution < 1.29 is 28.5 Å². The van der Waals surface area contributed by atoms with Gasteiger partial charge in [-0.2, -0.15) is 0 Å². The normalized spacial score (nSPS) is 32.4. The Bertz CT molecular complexity index is 636. The molecule has 6 nitrogen and oxygen atoms in total. The van der Waals surface area contributed by atoms with Crippen LogP contribution in [0.4, 0.5) is 0 Å². The molecule has 1 saturated carbocycles. The van der Waals surface area contributed by atoms with E-state index in [0.717, 1.165) is 71.0 Å². The molecule has 0 bridgehead atoms. The van der Waals surface area contributed by atoms with Gasteiger partial charge in [-0.3, -0.25) is 0 Å². The molecule has 2 aliphatic heterocycles. The average Bonchev–Trinajstić information content (AvgIpc) is 3.16. The molecule has 2 unspecified atom stereocenters. The number of aliphatic hydroxyl groups excluding tert-OH is 1. The minimum Gasteiger partial charge on any atom is -0.416 e. The third-order valence-corrected chi connectivity index (χ3v) is 13.2. The Kier molecular flexibility index (Phi) is 12.4. The van der Waals surface area contributed by atoms with Crippen LogP contribution < -0.4 is 0 Å². The number of allylic oxidation sites excluding steroid dienone is 2. The maximum absolute atomic E-state index is 9.08. The number of hydrogen-bond donors (Lipinski definition) is 1. The van der Waals surface area contributed by atoms with Gasteiger partial charge in [0.15, 0.2) is 20.9 Å². The quantitative estimate of drug-likeness (QED) is 0.166. The van der Waals surface area contributed by atoms with Crippen LogP contribution in [0.2, 0.25) is 18.1 Å². The van der Waals surface area contributed by atoms with Gasteiger partial charge in [-0.15, -0.1) is 0 Å². The summed E-state index contributed by atoms with van der Waals surface area (Å²) in [5.74, 6) is 0.586. The summed E-state index contributed by atoms with van der Waals surface area (Å²) in [5.41, 5.74) is 0. The molecule has 0 aromatic rings. The monoisotopic (exact) mass is 526 g/mol. The van der Waals surface area contributed by atoms with E-state index >= 15 is 0 Å². The molecule has 2 saturated heterocycles. The second-order valence-electron chi connectivity index (χ2n) is 12.5. The van der Waals surface area contributed by atoms with Crippen molar-refractivity contribution in [3.8, 4) is 0 Å². The summed E-state index contributed by atoms with van der Waals surface area (Å²) < 4.78 is 32.1. The van der Waals surface area contributed by atoms with Gasteiger partial charge in [0.1, 0.15) is 0 Å². The molecule has 0 amide bonds. The van der Waals surface area contributed by atoms with Gasteiger partial charge in [0, 0.05) is 38.8 Å². The Balaban J connectivity index is 1.75. The van der Waals surface area contributed by atoms with Gasteiger partial charge in [-0.1, -0.05) is 32.9 Å². The average molecular weight is 527 g/mol. The highest BCUT2D eigenvalue weighted by molar-refractivity contribution is 6.74. The molecular formula is C29H54O6Si. The predicted octanol–water partition coefficient (Wildman–Crippen LogP) is 6.58. The number of rotatable bonds is 13. The molecule has 1 aliphatic carbocycles. The number of hydrogen-bond acceptors (Lipinski definition) is 6. The van der Waals surface area contributed by atoms with E-state index in [4.69, 9.17) is 28.5 Å². The highest BCUT2D eigenvalue weighted by Gasteiger charge is 2.48. The van der Waals surface area contributed by atoms with Crippen LogP contribution in [0.3, 0.4) is 0 Å². The minimum atomic E-state index is -1.90. The zero-order valence-electron chi connectivity index (χ0n) is 23.7. The highest BCUT2D eigenvalue weighted by atomic mass is 28.4. The van der Waals surface area contributed by atoms with Crippen molar-refractivity contribution in [3.05, 3.63) is 12.2 Å². The molecule has 210 valence electrons. The lowest BCUT2D eigenvalue weighted by atomic mass is 9.90.